The number of rotatable bonds is 11. The second-order valence-corrected chi connectivity index (χ2v) is 10.4. The molecular weight excluding hydrogens is 472 g/mol. The Morgan fingerprint density at radius 1 is 0.842 bits per heavy atom. The summed E-state index contributed by atoms with van der Waals surface area (Å²) in [6.45, 7) is 11.1. The van der Waals surface area contributed by atoms with Gasteiger partial charge in [0.25, 0.3) is 0 Å². The summed E-state index contributed by atoms with van der Waals surface area (Å²) in [7, 11) is 0. The van der Waals surface area contributed by atoms with E-state index in [1.165, 1.54) is 32.1 Å². The standard InChI is InChI=1S/C33H40N2O3/c1-5-8-9-10-11-16-21-34-31-23(4)22-26(35(6-2)7-3)29-30(31)33(38-32(29)36)24-17-12-14-19-27(24)37-28-20-15-13-18-25(28)33/h12-15,17-20,22,34H,5-11,16,21H2,1-4H3. The smallest absolute Gasteiger partial charge is 0.342 e. The minimum atomic E-state index is -1.07. The molecule has 3 aromatic rings. The van der Waals surface area contributed by atoms with Crippen molar-refractivity contribution in [3.05, 3.63) is 82.4 Å². The summed E-state index contributed by atoms with van der Waals surface area (Å²) < 4.78 is 12.9. The number of carbonyl (C=O) groups is 1. The number of hydrogen-bond acceptors (Lipinski definition) is 5. The molecule has 5 nitrogen and oxygen atoms in total. The van der Waals surface area contributed by atoms with E-state index in [9.17, 15) is 4.79 Å². The lowest BCUT2D eigenvalue weighted by molar-refractivity contribution is 0.0226. The molecule has 1 spiro atoms. The van der Waals surface area contributed by atoms with Crippen LogP contribution >= 0.6 is 0 Å². The molecule has 0 amide bonds. The van der Waals surface area contributed by atoms with Crippen LogP contribution in [0.1, 0.15) is 91.9 Å². The zero-order valence-electron chi connectivity index (χ0n) is 23.2. The second kappa shape index (κ2) is 11.1. The maximum absolute atomic E-state index is 13.9. The molecule has 0 atom stereocenters. The number of nitrogens with one attached hydrogen (secondary N) is 1. The monoisotopic (exact) mass is 512 g/mol. The molecule has 1 N–H and O–H groups in total. The second-order valence-electron chi connectivity index (χ2n) is 10.4. The van der Waals surface area contributed by atoms with Gasteiger partial charge in [0.1, 0.15) is 11.5 Å². The van der Waals surface area contributed by atoms with Gasteiger partial charge in [0.15, 0.2) is 5.60 Å². The van der Waals surface area contributed by atoms with Gasteiger partial charge in [-0.15, -0.1) is 0 Å². The van der Waals surface area contributed by atoms with E-state index in [4.69, 9.17) is 9.47 Å². The number of carbonyl (C=O) groups excluding carboxylic acids is 1. The predicted octanol–water partition coefficient (Wildman–Crippen LogP) is 8.18. The summed E-state index contributed by atoms with van der Waals surface area (Å²) in [5.41, 5.74) is 5.30. The minimum Gasteiger partial charge on any atom is -0.456 e. The van der Waals surface area contributed by atoms with Crippen molar-refractivity contribution in [1.29, 1.82) is 0 Å². The van der Waals surface area contributed by atoms with Gasteiger partial charge < -0.3 is 19.7 Å². The summed E-state index contributed by atoms with van der Waals surface area (Å²) >= 11 is 0. The van der Waals surface area contributed by atoms with Crippen LogP contribution in [0.15, 0.2) is 54.6 Å². The topological polar surface area (TPSA) is 50.8 Å². The van der Waals surface area contributed by atoms with Crippen molar-refractivity contribution in [1.82, 2.24) is 0 Å². The van der Waals surface area contributed by atoms with Crippen LogP contribution < -0.4 is 15.0 Å². The quantitative estimate of drug-likeness (QED) is 0.207. The van der Waals surface area contributed by atoms with Gasteiger partial charge in [-0.25, -0.2) is 4.79 Å². The third kappa shape index (κ3) is 4.32. The first-order valence-corrected chi connectivity index (χ1v) is 14.3. The first-order chi connectivity index (χ1) is 18.6. The third-order valence-corrected chi connectivity index (χ3v) is 7.99. The molecule has 38 heavy (non-hydrogen) atoms. The van der Waals surface area contributed by atoms with Gasteiger partial charge in [0.2, 0.25) is 0 Å². The van der Waals surface area contributed by atoms with Gasteiger partial charge in [0, 0.05) is 42.0 Å². The number of benzene rings is 3. The highest BCUT2D eigenvalue weighted by molar-refractivity contribution is 6.05. The Kier molecular flexibility index (Phi) is 7.64. The van der Waals surface area contributed by atoms with Crippen LogP contribution in [0.3, 0.4) is 0 Å². The molecule has 5 heteroatoms. The highest BCUT2D eigenvalue weighted by Crippen LogP contribution is 2.59. The SMILES string of the molecule is CCCCCCCCNc1c(C)cc(N(CC)CC)c2c1C1(OC2=O)c2ccccc2Oc2ccccc21. The highest BCUT2D eigenvalue weighted by Gasteiger charge is 2.56. The van der Waals surface area contributed by atoms with Crippen LogP contribution in [0.4, 0.5) is 11.4 Å². The fourth-order valence-corrected chi connectivity index (χ4v) is 6.10. The van der Waals surface area contributed by atoms with E-state index >= 15 is 0 Å². The first-order valence-electron chi connectivity index (χ1n) is 14.3. The molecule has 0 fully saturated rings. The Balaban J connectivity index is 1.68. The van der Waals surface area contributed by atoms with Crippen LogP contribution in [0.25, 0.3) is 0 Å². The van der Waals surface area contributed by atoms with Crippen LogP contribution in [0.2, 0.25) is 0 Å². The lowest BCUT2D eigenvalue weighted by Crippen LogP contribution is -2.34. The van der Waals surface area contributed by atoms with Crippen LogP contribution in [-0.2, 0) is 10.3 Å². The molecule has 0 saturated carbocycles. The van der Waals surface area contributed by atoms with E-state index in [0.29, 0.717) is 5.56 Å². The van der Waals surface area contributed by atoms with E-state index < -0.39 is 5.60 Å². The van der Waals surface area contributed by atoms with E-state index in [-0.39, 0.29) is 5.97 Å². The molecule has 0 radical (unpaired) electrons. The van der Waals surface area contributed by atoms with Crippen LogP contribution in [0.5, 0.6) is 11.5 Å². The largest absolute Gasteiger partial charge is 0.456 e. The molecule has 5 rings (SSSR count). The van der Waals surface area contributed by atoms with Crippen molar-refractivity contribution < 1.29 is 14.3 Å². The normalized spacial score (nSPS) is 14.4. The van der Waals surface area contributed by atoms with Crippen molar-refractivity contribution in [2.24, 2.45) is 0 Å². The molecule has 2 heterocycles. The summed E-state index contributed by atoms with van der Waals surface area (Å²) in [5, 5.41) is 3.77. The summed E-state index contributed by atoms with van der Waals surface area (Å²) in [6, 6.07) is 18.1. The van der Waals surface area contributed by atoms with Gasteiger partial charge in [-0.3, -0.25) is 0 Å². The average Bonchev–Trinajstić information content (AvgIpc) is 3.23. The molecule has 0 unspecified atom stereocenters. The third-order valence-electron chi connectivity index (χ3n) is 7.99. The highest BCUT2D eigenvalue weighted by atomic mass is 16.6. The molecule has 2 aliphatic rings. The summed E-state index contributed by atoms with van der Waals surface area (Å²) in [5.74, 6) is 1.16. The molecule has 0 bridgehead atoms. The van der Waals surface area contributed by atoms with Crippen molar-refractivity contribution in [2.75, 3.05) is 29.9 Å². The Morgan fingerprint density at radius 2 is 1.45 bits per heavy atom. The number of nitrogens with zero attached hydrogens (tertiary/aromatic N) is 1. The van der Waals surface area contributed by atoms with Gasteiger partial charge >= 0.3 is 5.97 Å². The molecule has 0 aromatic heterocycles. The molecular formula is C33H40N2O3. The maximum Gasteiger partial charge on any atom is 0.342 e. The predicted molar refractivity (Wildman–Crippen MR) is 155 cm³/mol. The first kappa shape index (κ1) is 26.1. The number of hydrogen-bond donors (Lipinski definition) is 1. The number of unbranched alkanes of at least 4 members (excludes halogenated alkanes) is 5. The number of fused-ring (bicyclic) bond motifs is 6. The molecule has 3 aromatic carbocycles. The van der Waals surface area contributed by atoms with Crippen molar-refractivity contribution in [2.45, 2.75) is 71.8 Å². The van der Waals surface area contributed by atoms with Gasteiger partial charge in [-0.1, -0.05) is 75.4 Å². The van der Waals surface area contributed by atoms with Crippen LogP contribution in [-0.4, -0.2) is 25.6 Å². The summed E-state index contributed by atoms with van der Waals surface area (Å²) in [4.78, 5) is 16.2. The zero-order chi connectivity index (χ0) is 26.7. The molecule has 2 aliphatic heterocycles. The Bertz CT molecular complexity index is 1270. The van der Waals surface area contributed by atoms with Gasteiger partial charge in [-0.2, -0.15) is 0 Å². The lowest BCUT2D eigenvalue weighted by atomic mass is 9.76. The van der Waals surface area contributed by atoms with E-state index in [1.807, 2.05) is 48.5 Å². The number of ether oxygens (including phenoxy) is 2. The fourth-order valence-electron chi connectivity index (χ4n) is 6.10. The molecule has 200 valence electrons. The number of anilines is 2. The Morgan fingerprint density at radius 3 is 2.08 bits per heavy atom. The zero-order valence-corrected chi connectivity index (χ0v) is 23.2. The summed E-state index contributed by atoms with van der Waals surface area (Å²) in [6.07, 6.45) is 7.40. The minimum absolute atomic E-state index is 0.281. The van der Waals surface area contributed by atoms with Crippen molar-refractivity contribution >= 4 is 17.3 Å². The van der Waals surface area contributed by atoms with Gasteiger partial charge in [-0.05, 0) is 51.0 Å². The van der Waals surface area contributed by atoms with E-state index in [0.717, 1.165) is 71.2 Å². The number of esters is 1. The van der Waals surface area contributed by atoms with Gasteiger partial charge in [0.05, 0.1) is 11.3 Å². The number of para-hydroxylation sites is 2. The van der Waals surface area contributed by atoms with E-state index in [1.54, 1.807) is 0 Å². The Labute approximate surface area is 227 Å². The maximum atomic E-state index is 13.9. The number of aryl methyl sites for hydroxylation is 1. The average molecular weight is 513 g/mol. The molecule has 0 aliphatic carbocycles. The lowest BCUT2D eigenvalue weighted by Gasteiger charge is -2.37. The van der Waals surface area contributed by atoms with Crippen molar-refractivity contribution in [3.63, 3.8) is 0 Å². The van der Waals surface area contributed by atoms with E-state index in [2.05, 4.69) is 44.0 Å². The molecule has 0 saturated heterocycles. The van der Waals surface area contributed by atoms with Crippen molar-refractivity contribution in [3.8, 4) is 11.5 Å². The Hall–Kier alpha value is -3.47. The fraction of sp³-hybridized carbons (Fsp3) is 0.424. The van der Waals surface area contributed by atoms with Crippen LogP contribution in [0, 0.1) is 6.92 Å².